The van der Waals surface area contributed by atoms with Crippen molar-refractivity contribution in [2.75, 3.05) is 6.54 Å². The van der Waals surface area contributed by atoms with Gasteiger partial charge >= 0.3 is 0 Å². The molecule has 0 spiro atoms. The third-order valence-corrected chi connectivity index (χ3v) is 5.23. The Morgan fingerprint density at radius 2 is 1.76 bits per heavy atom. The standard InChI is InChI=1S/C22H25Cl2FN2O2/c1-14(2)12-26-22(29)15(3)27(13-16-8-9-18(23)19(24)10-16)21(28)11-17-6-4-5-7-20(17)25/h4-10,14-15H,11-13H2,1-3H3,(H,26,29). The zero-order chi connectivity index (χ0) is 21.6. The number of carbonyl (C=O) groups is 2. The topological polar surface area (TPSA) is 49.4 Å². The second-order valence-corrected chi connectivity index (χ2v) is 8.17. The second-order valence-electron chi connectivity index (χ2n) is 7.35. The largest absolute Gasteiger partial charge is 0.354 e. The van der Waals surface area contributed by atoms with Gasteiger partial charge in [0.15, 0.2) is 0 Å². The van der Waals surface area contributed by atoms with E-state index < -0.39 is 11.9 Å². The van der Waals surface area contributed by atoms with Gasteiger partial charge in [-0.05, 0) is 42.2 Å². The third-order valence-electron chi connectivity index (χ3n) is 4.49. The zero-order valence-corrected chi connectivity index (χ0v) is 18.2. The van der Waals surface area contributed by atoms with E-state index in [1.54, 1.807) is 43.3 Å². The fourth-order valence-electron chi connectivity index (χ4n) is 2.78. The number of amides is 2. The van der Waals surface area contributed by atoms with Gasteiger partial charge in [-0.3, -0.25) is 9.59 Å². The summed E-state index contributed by atoms with van der Waals surface area (Å²) in [6.07, 6.45) is -0.143. The summed E-state index contributed by atoms with van der Waals surface area (Å²) < 4.78 is 14.0. The van der Waals surface area contributed by atoms with E-state index in [0.29, 0.717) is 16.6 Å². The minimum absolute atomic E-state index is 0.143. The van der Waals surface area contributed by atoms with Gasteiger partial charge in [-0.15, -0.1) is 0 Å². The Bertz CT molecular complexity index is 874. The van der Waals surface area contributed by atoms with Crippen LogP contribution in [0.3, 0.4) is 0 Å². The average Bonchev–Trinajstić information content (AvgIpc) is 2.68. The van der Waals surface area contributed by atoms with Crippen LogP contribution in [0.1, 0.15) is 31.9 Å². The molecule has 2 aromatic rings. The Hall–Kier alpha value is -2.11. The van der Waals surface area contributed by atoms with Crippen molar-refractivity contribution in [1.82, 2.24) is 10.2 Å². The van der Waals surface area contributed by atoms with E-state index in [1.807, 2.05) is 13.8 Å². The number of hydrogen-bond acceptors (Lipinski definition) is 2. The van der Waals surface area contributed by atoms with Crippen molar-refractivity contribution in [2.24, 2.45) is 5.92 Å². The van der Waals surface area contributed by atoms with Crippen LogP contribution in [0.2, 0.25) is 10.0 Å². The molecule has 2 rings (SSSR count). The van der Waals surface area contributed by atoms with Crippen molar-refractivity contribution < 1.29 is 14.0 Å². The molecule has 2 amide bonds. The summed E-state index contributed by atoms with van der Waals surface area (Å²) in [5, 5.41) is 3.61. The molecule has 4 nitrogen and oxygen atoms in total. The Morgan fingerprint density at radius 3 is 2.38 bits per heavy atom. The molecule has 7 heteroatoms. The summed E-state index contributed by atoms with van der Waals surface area (Å²) >= 11 is 12.1. The van der Waals surface area contributed by atoms with Gasteiger partial charge in [0.05, 0.1) is 16.5 Å². The number of nitrogens with one attached hydrogen (secondary N) is 1. The lowest BCUT2D eigenvalue weighted by molar-refractivity contribution is -0.140. The van der Waals surface area contributed by atoms with E-state index in [4.69, 9.17) is 23.2 Å². The highest BCUT2D eigenvalue weighted by molar-refractivity contribution is 6.42. The second kappa shape index (κ2) is 10.6. The summed E-state index contributed by atoms with van der Waals surface area (Å²) in [5.41, 5.74) is 1.01. The summed E-state index contributed by atoms with van der Waals surface area (Å²) in [7, 11) is 0. The van der Waals surface area contributed by atoms with Crippen LogP contribution in [0.15, 0.2) is 42.5 Å². The van der Waals surface area contributed by atoms with Crippen LogP contribution in [0.5, 0.6) is 0 Å². The van der Waals surface area contributed by atoms with E-state index in [9.17, 15) is 14.0 Å². The first-order valence-electron chi connectivity index (χ1n) is 9.43. The smallest absolute Gasteiger partial charge is 0.242 e. The molecule has 0 bridgehead atoms. The molecule has 1 N–H and O–H groups in total. The molecule has 0 saturated heterocycles. The van der Waals surface area contributed by atoms with E-state index in [1.165, 1.54) is 11.0 Å². The van der Waals surface area contributed by atoms with Gasteiger partial charge in [-0.1, -0.05) is 61.3 Å². The van der Waals surface area contributed by atoms with Crippen molar-refractivity contribution in [3.63, 3.8) is 0 Å². The quantitative estimate of drug-likeness (QED) is 0.639. The molecular weight excluding hydrogens is 414 g/mol. The minimum atomic E-state index is -0.734. The summed E-state index contributed by atoms with van der Waals surface area (Å²) in [6.45, 7) is 6.29. The van der Waals surface area contributed by atoms with Crippen molar-refractivity contribution >= 4 is 35.0 Å². The molecule has 0 aliphatic heterocycles. The van der Waals surface area contributed by atoms with Crippen LogP contribution in [-0.2, 0) is 22.6 Å². The number of benzene rings is 2. The molecule has 0 radical (unpaired) electrons. The van der Waals surface area contributed by atoms with Gasteiger partial charge < -0.3 is 10.2 Å². The SMILES string of the molecule is CC(C)CNC(=O)C(C)N(Cc1ccc(Cl)c(Cl)c1)C(=O)Cc1ccccc1F. The molecule has 0 aliphatic rings. The molecule has 0 aromatic heterocycles. The predicted molar refractivity (Wildman–Crippen MR) is 114 cm³/mol. The highest BCUT2D eigenvalue weighted by atomic mass is 35.5. The molecule has 29 heavy (non-hydrogen) atoms. The van der Waals surface area contributed by atoms with Gasteiger partial charge in [-0.2, -0.15) is 0 Å². The molecule has 0 saturated carbocycles. The normalized spacial score (nSPS) is 12.0. The third kappa shape index (κ3) is 6.72. The van der Waals surface area contributed by atoms with Crippen LogP contribution < -0.4 is 5.32 Å². The Labute approximate surface area is 181 Å². The Morgan fingerprint density at radius 1 is 1.07 bits per heavy atom. The lowest BCUT2D eigenvalue weighted by Gasteiger charge is -2.29. The lowest BCUT2D eigenvalue weighted by Crippen LogP contribution is -2.48. The number of carbonyl (C=O) groups excluding carboxylic acids is 2. The van der Waals surface area contributed by atoms with Gasteiger partial charge in [-0.25, -0.2) is 4.39 Å². The number of rotatable bonds is 8. The number of halogens is 3. The fourth-order valence-corrected chi connectivity index (χ4v) is 3.10. The van der Waals surface area contributed by atoms with E-state index in [0.717, 1.165) is 5.56 Å². The van der Waals surface area contributed by atoms with E-state index in [-0.39, 0.29) is 36.3 Å². The van der Waals surface area contributed by atoms with Gasteiger partial charge in [0.1, 0.15) is 11.9 Å². The van der Waals surface area contributed by atoms with Crippen LogP contribution in [-0.4, -0.2) is 29.3 Å². The average molecular weight is 439 g/mol. The molecule has 156 valence electrons. The highest BCUT2D eigenvalue weighted by Crippen LogP contribution is 2.24. The Balaban J connectivity index is 2.25. The predicted octanol–water partition coefficient (Wildman–Crippen LogP) is 4.86. The van der Waals surface area contributed by atoms with Crippen LogP contribution in [0.4, 0.5) is 4.39 Å². The highest BCUT2D eigenvalue weighted by Gasteiger charge is 2.27. The fraction of sp³-hybridized carbons (Fsp3) is 0.364. The Kier molecular flexibility index (Phi) is 8.47. The van der Waals surface area contributed by atoms with Crippen molar-refractivity contribution in [3.8, 4) is 0 Å². The van der Waals surface area contributed by atoms with Gasteiger partial charge in [0.25, 0.3) is 0 Å². The summed E-state index contributed by atoms with van der Waals surface area (Å²) in [5.74, 6) is -0.787. The van der Waals surface area contributed by atoms with Crippen LogP contribution in [0, 0.1) is 11.7 Å². The summed E-state index contributed by atoms with van der Waals surface area (Å²) in [4.78, 5) is 27.1. The molecule has 0 heterocycles. The zero-order valence-electron chi connectivity index (χ0n) is 16.7. The first kappa shape index (κ1) is 23.2. The maximum Gasteiger partial charge on any atom is 0.242 e. The molecule has 2 aromatic carbocycles. The maximum absolute atomic E-state index is 14.0. The number of nitrogens with zero attached hydrogens (tertiary/aromatic N) is 1. The molecule has 0 fully saturated rings. The lowest BCUT2D eigenvalue weighted by atomic mass is 10.1. The van der Waals surface area contributed by atoms with Crippen LogP contribution in [0.25, 0.3) is 0 Å². The minimum Gasteiger partial charge on any atom is -0.354 e. The van der Waals surface area contributed by atoms with Crippen molar-refractivity contribution in [3.05, 3.63) is 69.5 Å². The van der Waals surface area contributed by atoms with Gasteiger partial charge in [0.2, 0.25) is 11.8 Å². The van der Waals surface area contributed by atoms with E-state index in [2.05, 4.69) is 5.32 Å². The first-order valence-corrected chi connectivity index (χ1v) is 10.2. The number of hydrogen-bond donors (Lipinski definition) is 1. The summed E-state index contributed by atoms with van der Waals surface area (Å²) in [6, 6.07) is 10.4. The van der Waals surface area contributed by atoms with Crippen molar-refractivity contribution in [2.45, 2.75) is 39.8 Å². The first-order chi connectivity index (χ1) is 13.7. The molecule has 0 aliphatic carbocycles. The monoisotopic (exact) mass is 438 g/mol. The van der Waals surface area contributed by atoms with E-state index >= 15 is 0 Å². The molecular formula is C22H25Cl2FN2O2. The van der Waals surface area contributed by atoms with Crippen LogP contribution >= 0.6 is 23.2 Å². The van der Waals surface area contributed by atoms with Gasteiger partial charge in [0, 0.05) is 13.1 Å². The maximum atomic E-state index is 14.0. The molecule has 1 unspecified atom stereocenters. The molecule has 1 atom stereocenters. The van der Waals surface area contributed by atoms with Crippen molar-refractivity contribution in [1.29, 1.82) is 0 Å².